The summed E-state index contributed by atoms with van der Waals surface area (Å²) in [6.07, 6.45) is 0.716. The molecule has 0 amide bonds. The van der Waals surface area contributed by atoms with E-state index in [-0.39, 0.29) is 22.8 Å². The molecule has 0 atom stereocenters. The zero-order valence-corrected chi connectivity index (χ0v) is 12.7. The van der Waals surface area contributed by atoms with Gasteiger partial charge in [0.05, 0.1) is 12.2 Å². The molecule has 6 heteroatoms. The smallest absolute Gasteiger partial charge is 0.338 e. The number of ether oxygens (including phenoxy) is 1. The second kappa shape index (κ2) is 5.97. The number of benzene rings is 1. The number of phenolic OH excluding ortho intramolecular Hbond substituents is 2. The van der Waals surface area contributed by atoms with E-state index in [0.717, 1.165) is 0 Å². The average molecular weight is 284 g/mol. The van der Waals surface area contributed by atoms with E-state index in [1.807, 2.05) is 26.6 Å². The topological polar surface area (TPSA) is 76.0 Å². The highest BCUT2D eigenvalue weighted by molar-refractivity contribution is 6.70. The van der Waals surface area contributed by atoms with Gasteiger partial charge >= 0.3 is 5.97 Å². The van der Waals surface area contributed by atoms with E-state index in [0.29, 0.717) is 13.0 Å². The van der Waals surface area contributed by atoms with E-state index in [4.69, 9.17) is 9.16 Å². The lowest BCUT2D eigenvalue weighted by Crippen LogP contribution is -2.29. The molecule has 0 saturated carbocycles. The summed E-state index contributed by atoms with van der Waals surface area (Å²) in [4.78, 5) is 11.7. The lowest BCUT2D eigenvalue weighted by Gasteiger charge is -2.20. The van der Waals surface area contributed by atoms with Crippen LogP contribution in [0.1, 0.15) is 23.7 Å². The predicted molar refractivity (Wildman–Crippen MR) is 74.3 cm³/mol. The van der Waals surface area contributed by atoms with Crippen molar-refractivity contribution in [2.24, 2.45) is 0 Å². The molecule has 0 aliphatic rings. The van der Waals surface area contributed by atoms with Crippen molar-refractivity contribution in [2.45, 2.75) is 33.0 Å². The number of rotatable bonds is 5. The lowest BCUT2D eigenvalue weighted by molar-refractivity contribution is 0.0504. The molecule has 0 saturated heterocycles. The molecule has 106 valence electrons. The van der Waals surface area contributed by atoms with E-state index < -0.39 is 14.3 Å². The number of phenols is 2. The van der Waals surface area contributed by atoms with Gasteiger partial charge in [0.25, 0.3) is 0 Å². The molecule has 0 bridgehead atoms. The average Bonchev–Trinajstić information content (AvgIpc) is 2.29. The molecule has 1 aromatic carbocycles. The van der Waals surface area contributed by atoms with Crippen LogP contribution in [0.3, 0.4) is 0 Å². The van der Waals surface area contributed by atoms with Gasteiger partial charge < -0.3 is 19.4 Å². The van der Waals surface area contributed by atoms with Gasteiger partial charge in [-0.15, -0.1) is 0 Å². The Hall–Kier alpha value is -1.69. The SMILES string of the molecule is CCCOC(=O)c1cc(O)c(O)c(O[Si](C)(C)C)c1. The van der Waals surface area contributed by atoms with Crippen LogP contribution < -0.4 is 4.43 Å². The van der Waals surface area contributed by atoms with Gasteiger partial charge in [-0.3, -0.25) is 0 Å². The Labute approximate surface area is 113 Å². The van der Waals surface area contributed by atoms with Crippen molar-refractivity contribution >= 4 is 14.3 Å². The third-order valence-corrected chi connectivity index (χ3v) is 2.98. The quantitative estimate of drug-likeness (QED) is 0.494. The van der Waals surface area contributed by atoms with Crippen molar-refractivity contribution in [1.29, 1.82) is 0 Å². The van der Waals surface area contributed by atoms with Crippen molar-refractivity contribution in [2.75, 3.05) is 6.61 Å². The molecule has 0 unspecified atom stereocenters. The molecule has 2 N–H and O–H groups in total. The van der Waals surface area contributed by atoms with Crippen LogP contribution >= 0.6 is 0 Å². The zero-order chi connectivity index (χ0) is 14.6. The molecule has 1 rings (SSSR count). The van der Waals surface area contributed by atoms with Gasteiger partial charge in [0.15, 0.2) is 17.2 Å². The maximum atomic E-state index is 11.7. The number of carbonyl (C=O) groups excluding carboxylic acids is 1. The zero-order valence-electron chi connectivity index (χ0n) is 11.7. The molecule has 19 heavy (non-hydrogen) atoms. The molecule has 1 aromatic rings. The monoisotopic (exact) mass is 284 g/mol. The summed E-state index contributed by atoms with van der Waals surface area (Å²) < 4.78 is 10.6. The van der Waals surface area contributed by atoms with E-state index in [9.17, 15) is 15.0 Å². The van der Waals surface area contributed by atoms with E-state index >= 15 is 0 Å². The Morgan fingerprint density at radius 3 is 2.42 bits per heavy atom. The summed E-state index contributed by atoms with van der Waals surface area (Å²) in [7, 11) is -1.96. The van der Waals surface area contributed by atoms with Crippen LogP contribution in [0.15, 0.2) is 12.1 Å². The molecule has 0 aliphatic heterocycles. The summed E-state index contributed by atoms with van der Waals surface area (Å²) in [5, 5.41) is 19.4. The van der Waals surface area contributed by atoms with Crippen molar-refractivity contribution in [1.82, 2.24) is 0 Å². The maximum Gasteiger partial charge on any atom is 0.338 e. The number of hydrogen-bond donors (Lipinski definition) is 2. The van der Waals surface area contributed by atoms with Crippen LogP contribution in [-0.4, -0.2) is 31.1 Å². The number of hydrogen-bond acceptors (Lipinski definition) is 5. The summed E-state index contributed by atoms with van der Waals surface area (Å²) in [5.41, 5.74) is 0.164. The van der Waals surface area contributed by atoms with Crippen LogP contribution in [0.2, 0.25) is 19.6 Å². The summed E-state index contributed by atoms with van der Waals surface area (Å²) >= 11 is 0. The third-order valence-electron chi connectivity index (χ3n) is 2.14. The van der Waals surface area contributed by atoms with Crippen LogP contribution in [-0.2, 0) is 4.74 Å². The minimum Gasteiger partial charge on any atom is -0.542 e. The Kier molecular flexibility index (Phi) is 4.82. The second-order valence-corrected chi connectivity index (χ2v) is 9.62. The van der Waals surface area contributed by atoms with E-state index in [1.54, 1.807) is 0 Å². The molecular weight excluding hydrogens is 264 g/mol. The molecule has 0 radical (unpaired) electrons. The van der Waals surface area contributed by atoms with Gasteiger partial charge in [0.2, 0.25) is 8.32 Å². The van der Waals surface area contributed by atoms with Crippen LogP contribution in [0, 0.1) is 0 Å². The fourth-order valence-corrected chi connectivity index (χ4v) is 2.21. The minimum atomic E-state index is -1.96. The highest BCUT2D eigenvalue weighted by Gasteiger charge is 2.22. The van der Waals surface area contributed by atoms with Crippen LogP contribution in [0.5, 0.6) is 17.2 Å². The number of aromatic hydroxyl groups is 2. The van der Waals surface area contributed by atoms with Crippen LogP contribution in [0.4, 0.5) is 0 Å². The minimum absolute atomic E-state index is 0.114. The van der Waals surface area contributed by atoms with Crippen molar-refractivity contribution in [3.63, 3.8) is 0 Å². The molecule has 0 heterocycles. The number of carbonyl (C=O) groups is 1. The number of esters is 1. The molecule has 0 spiro atoms. The lowest BCUT2D eigenvalue weighted by atomic mass is 10.2. The summed E-state index contributed by atoms with van der Waals surface area (Å²) in [6.45, 7) is 8.01. The third kappa shape index (κ3) is 4.48. The molecular formula is C13H20O5Si. The fraction of sp³-hybridized carbons (Fsp3) is 0.462. The standard InChI is InChI=1S/C13H20O5Si/c1-5-6-17-13(16)9-7-10(14)12(15)11(8-9)18-19(2,3)4/h7-8,14-15H,5-6H2,1-4H3. The van der Waals surface area contributed by atoms with Gasteiger partial charge in [-0.2, -0.15) is 0 Å². The van der Waals surface area contributed by atoms with Gasteiger partial charge in [0.1, 0.15) is 0 Å². The first-order valence-corrected chi connectivity index (χ1v) is 9.57. The largest absolute Gasteiger partial charge is 0.542 e. The molecule has 0 aromatic heterocycles. The highest BCUT2D eigenvalue weighted by atomic mass is 28.4. The Morgan fingerprint density at radius 2 is 1.89 bits per heavy atom. The Balaban J connectivity index is 3.05. The van der Waals surface area contributed by atoms with Crippen LogP contribution in [0.25, 0.3) is 0 Å². The van der Waals surface area contributed by atoms with Gasteiger partial charge in [0, 0.05) is 0 Å². The van der Waals surface area contributed by atoms with Gasteiger partial charge in [-0.05, 0) is 38.2 Å². The van der Waals surface area contributed by atoms with Gasteiger partial charge in [-0.1, -0.05) is 6.92 Å². The molecule has 0 aliphatic carbocycles. The summed E-state index contributed by atoms with van der Waals surface area (Å²) in [5.74, 6) is -1.17. The second-order valence-electron chi connectivity index (χ2n) is 5.19. The first kappa shape index (κ1) is 15.4. The Bertz CT molecular complexity index is 465. The normalized spacial score (nSPS) is 11.2. The molecule has 0 fully saturated rings. The summed E-state index contributed by atoms with van der Waals surface area (Å²) in [6, 6.07) is 2.57. The Morgan fingerprint density at radius 1 is 1.26 bits per heavy atom. The predicted octanol–water partition coefficient (Wildman–Crippen LogP) is 2.88. The highest BCUT2D eigenvalue weighted by Crippen LogP contribution is 2.38. The fourth-order valence-electron chi connectivity index (χ4n) is 1.40. The van der Waals surface area contributed by atoms with E-state index in [2.05, 4.69) is 0 Å². The molecule has 5 nitrogen and oxygen atoms in total. The van der Waals surface area contributed by atoms with E-state index in [1.165, 1.54) is 12.1 Å². The van der Waals surface area contributed by atoms with Crippen molar-refractivity contribution in [3.8, 4) is 17.2 Å². The first-order chi connectivity index (χ1) is 8.74. The maximum absolute atomic E-state index is 11.7. The van der Waals surface area contributed by atoms with Crippen molar-refractivity contribution in [3.05, 3.63) is 17.7 Å². The first-order valence-electron chi connectivity index (χ1n) is 6.16. The van der Waals surface area contributed by atoms with Crippen molar-refractivity contribution < 1.29 is 24.2 Å². The van der Waals surface area contributed by atoms with Gasteiger partial charge in [-0.25, -0.2) is 4.79 Å².